The van der Waals surface area contributed by atoms with E-state index >= 15 is 0 Å². The van der Waals surface area contributed by atoms with Gasteiger partial charge in [0.05, 0.1) is 11.4 Å². The molecule has 72 heavy (non-hydrogen) atoms. The third-order valence-corrected chi connectivity index (χ3v) is 15.6. The molecule has 0 atom stereocenters. The first-order chi connectivity index (χ1) is 33.8. The maximum atomic E-state index is 7.23. The zero-order chi connectivity index (χ0) is 51.4. The van der Waals surface area contributed by atoms with Gasteiger partial charge in [0.1, 0.15) is 0 Å². The van der Waals surface area contributed by atoms with Gasteiger partial charge in [-0.3, -0.25) is 0 Å². The summed E-state index contributed by atoms with van der Waals surface area (Å²) in [5, 5.41) is 0.716. The summed E-state index contributed by atoms with van der Waals surface area (Å²) >= 11 is 7.23. The number of hydrogen-bond acceptors (Lipinski definition) is 2. The second kappa shape index (κ2) is 17.4. The van der Waals surface area contributed by atoms with Crippen molar-refractivity contribution < 1.29 is 0 Å². The van der Waals surface area contributed by atoms with Crippen molar-refractivity contribution in [3.05, 3.63) is 197 Å². The van der Waals surface area contributed by atoms with Crippen LogP contribution in [-0.4, -0.2) is 6.71 Å². The van der Waals surface area contributed by atoms with Crippen LogP contribution in [0.5, 0.6) is 0 Å². The Morgan fingerprint density at radius 2 is 0.722 bits per heavy atom. The molecule has 0 fully saturated rings. The van der Waals surface area contributed by atoms with Crippen molar-refractivity contribution in [3.63, 3.8) is 0 Å². The molecule has 10 rings (SSSR count). The predicted octanol–water partition coefficient (Wildman–Crippen LogP) is 17.9. The fourth-order valence-corrected chi connectivity index (χ4v) is 11.1. The molecule has 4 heteroatoms. The number of hydrogen-bond donors (Lipinski definition) is 0. The van der Waals surface area contributed by atoms with Gasteiger partial charge in [0, 0.05) is 38.9 Å². The second-order valence-electron chi connectivity index (χ2n) is 25.7. The highest BCUT2D eigenvalue weighted by molar-refractivity contribution is 7.00. The Morgan fingerprint density at radius 1 is 0.306 bits per heavy atom. The van der Waals surface area contributed by atoms with Gasteiger partial charge in [-0.15, -0.1) is 0 Å². The molecule has 0 amide bonds. The van der Waals surface area contributed by atoms with Crippen LogP contribution in [0, 0.1) is 0 Å². The number of rotatable bonds is 5. The minimum absolute atomic E-state index is 0.0317. The third kappa shape index (κ3) is 8.91. The van der Waals surface area contributed by atoms with E-state index in [0.717, 1.165) is 17.1 Å². The SMILES string of the molecule is CC(C)(C)c1ccc(-c2cc(C(C)(C)C)ccc2N2c3ccc(-c4ccccc4)cc3B3c4ccc(Cl)cc4N(c4ccc(C(C)(C)C)cc4-c4ccc(C(C)(C)C)cc4)c4cc(C(C)(C)C)cc2c43)cc1. The first kappa shape index (κ1) is 49.3. The van der Waals surface area contributed by atoms with Crippen LogP contribution >= 0.6 is 11.6 Å². The zero-order valence-corrected chi connectivity index (χ0v) is 46.2. The van der Waals surface area contributed by atoms with E-state index in [0.29, 0.717) is 5.02 Å². The van der Waals surface area contributed by atoms with Crippen LogP contribution in [0.3, 0.4) is 0 Å². The lowest BCUT2D eigenvalue weighted by molar-refractivity contribution is 0.589. The molecule has 0 unspecified atom stereocenters. The van der Waals surface area contributed by atoms with E-state index < -0.39 is 0 Å². The standard InChI is InChI=1S/C68H72BClN2/c1-64(2,3)47-26-21-44(22-27-47)53-38-49(66(7,8)9)30-35-57(53)71-59-34-25-46(43-19-17-16-18-20-43)37-56(59)69-55-33-32-52(70)42-60(55)72(62-41-51(68(13,14)15)40-61(71)63(62)69)58-36-31-50(67(10,11)12)39-54(58)45-23-28-48(29-24-45)65(4,5)6/h16-42H,1-15H3. The Hall–Kier alpha value is -6.29. The van der Waals surface area contributed by atoms with Gasteiger partial charge in [-0.05, 0) is 148 Å². The summed E-state index contributed by atoms with van der Waals surface area (Å²) in [5.41, 5.74) is 24.2. The van der Waals surface area contributed by atoms with E-state index in [9.17, 15) is 0 Å². The number of halogens is 1. The van der Waals surface area contributed by atoms with Gasteiger partial charge in [-0.1, -0.05) is 225 Å². The van der Waals surface area contributed by atoms with Gasteiger partial charge in [0.25, 0.3) is 6.71 Å². The summed E-state index contributed by atoms with van der Waals surface area (Å²) in [7, 11) is 0. The van der Waals surface area contributed by atoms with Crippen molar-refractivity contribution in [1.29, 1.82) is 0 Å². The van der Waals surface area contributed by atoms with E-state index in [2.05, 4.69) is 277 Å². The molecule has 0 aliphatic carbocycles. The van der Waals surface area contributed by atoms with Crippen molar-refractivity contribution in [2.45, 2.75) is 131 Å². The highest BCUT2D eigenvalue weighted by Crippen LogP contribution is 2.51. The monoisotopic (exact) mass is 963 g/mol. The van der Waals surface area contributed by atoms with E-state index in [-0.39, 0.29) is 33.8 Å². The minimum Gasteiger partial charge on any atom is -0.311 e. The Balaban J connectivity index is 1.33. The molecular formula is C68H72BClN2. The van der Waals surface area contributed by atoms with Crippen molar-refractivity contribution in [2.24, 2.45) is 0 Å². The average Bonchev–Trinajstić information content (AvgIpc) is 3.32. The molecule has 8 aromatic rings. The zero-order valence-electron chi connectivity index (χ0n) is 45.4. The molecule has 0 aromatic heterocycles. The van der Waals surface area contributed by atoms with E-state index in [1.165, 1.54) is 94.6 Å². The quantitative estimate of drug-likeness (QED) is 0.159. The normalized spacial score (nSPS) is 13.8. The predicted molar refractivity (Wildman–Crippen MR) is 315 cm³/mol. The Bertz CT molecular complexity index is 3370. The van der Waals surface area contributed by atoms with Crippen molar-refractivity contribution in [3.8, 4) is 33.4 Å². The maximum absolute atomic E-state index is 7.23. The summed E-state index contributed by atoms with van der Waals surface area (Å²) < 4.78 is 0. The summed E-state index contributed by atoms with van der Waals surface area (Å²) in [5.74, 6) is 0. The lowest BCUT2D eigenvalue weighted by Gasteiger charge is -2.46. The summed E-state index contributed by atoms with van der Waals surface area (Å²) in [6.07, 6.45) is 0. The molecule has 0 N–H and O–H groups in total. The molecule has 0 saturated heterocycles. The topological polar surface area (TPSA) is 6.48 Å². The molecule has 0 spiro atoms. The second-order valence-corrected chi connectivity index (χ2v) is 26.2. The van der Waals surface area contributed by atoms with Crippen molar-refractivity contribution >= 4 is 68.8 Å². The average molecular weight is 964 g/mol. The highest BCUT2D eigenvalue weighted by Gasteiger charge is 2.45. The molecule has 364 valence electrons. The van der Waals surface area contributed by atoms with Gasteiger partial charge >= 0.3 is 0 Å². The fourth-order valence-electron chi connectivity index (χ4n) is 10.9. The smallest absolute Gasteiger partial charge is 0.252 e. The number of benzene rings is 8. The van der Waals surface area contributed by atoms with Gasteiger partial charge in [0.2, 0.25) is 0 Å². The van der Waals surface area contributed by atoms with Crippen LogP contribution in [0.25, 0.3) is 33.4 Å². The molecule has 0 bridgehead atoms. The Kier molecular flexibility index (Phi) is 11.9. The van der Waals surface area contributed by atoms with Crippen LogP contribution in [0.15, 0.2) is 164 Å². The van der Waals surface area contributed by atoms with Crippen LogP contribution in [0.1, 0.15) is 132 Å². The largest absolute Gasteiger partial charge is 0.311 e. The molecule has 2 nitrogen and oxygen atoms in total. The van der Waals surface area contributed by atoms with Gasteiger partial charge in [-0.25, -0.2) is 0 Å². The number of anilines is 6. The number of fused-ring (bicyclic) bond motifs is 4. The van der Waals surface area contributed by atoms with E-state index in [1.54, 1.807) is 0 Å². The van der Waals surface area contributed by atoms with Gasteiger partial charge in [0.15, 0.2) is 0 Å². The van der Waals surface area contributed by atoms with Crippen LogP contribution < -0.4 is 26.2 Å². The summed E-state index contributed by atoms with van der Waals surface area (Å²) in [6.45, 7) is 34.6. The van der Waals surface area contributed by atoms with Crippen LogP contribution in [0.2, 0.25) is 5.02 Å². The summed E-state index contributed by atoms with van der Waals surface area (Å²) in [4.78, 5) is 5.17. The Labute approximate surface area is 437 Å². The lowest BCUT2D eigenvalue weighted by atomic mass is 9.33. The van der Waals surface area contributed by atoms with E-state index in [4.69, 9.17) is 11.6 Å². The fraction of sp³-hybridized carbons (Fsp3) is 0.294. The highest BCUT2D eigenvalue weighted by atomic mass is 35.5. The third-order valence-electron chi connectivity index (χ3n) is 15.3. The first-order valence-corrected chi connectivity index (χ1v) is 26.4. The molecule has 2 heterocycles. The van der Waals surface area contributed by atoms with Crippen molar-refractivity contribution in [2.75, 3.05) is 9.80 Å². The minimum atomic E-state index is -0.187. The number of nitrogens with zero attached hydrogens (tertiary/aromatic N) is 2. The molecule has 8 aromatic carbocycles. The molecule has 2 aliphatic heterocycles. The summed E-state index contributed by atoms with van der Waals surface area (Å²) in [6, 6.07) is 62.7. The Morgan fingerprint density at radius 3 is 1.18 bits per heavy atom. The lowest BCUT2D eigenvalue weighted by Crippen LogP contribution is -2.61. The van der Waals surface area contributed by atoms with Crippen LogP contribution in [-0.2, 0) is 27.1 Å². The molecule has 0 radical (unpaired) electrons. The molecular weight excluding hydrogens is 891 g/mol. The first-order valence-electron chi connectivity index (χ1n) is 26.1. The molecule has 2 aliphatic rings. The van der Waals surface area contributed by atoms with E-state index in [1.807, 2.05) is 0 Å². The van der Waals surface area contributed by atoms with Gasteiger partial charge < -0.3 is 9.80 Å². The van der Waals surface area contributed by atoms with Crippen LogP contribution in [0.4, 0.5) is 34.1 Å². The molecule has 0 saturated carbocycles. The maximum Gasteiger partial charge on any atom is 0.252 e. The van der Waals surface area contributed by atoms with Crippen molar-refractivity contribution in [1.82, 2.24) is 0 Å². The van der Waals surface area contributed by atoms with Gasteiger partial charge in [-0.2, -0.15) is 0 Å².